The molecular weight excluding hydrogens is 204 g/mol. The number of furan rings is 1. The van der Waals surface area contributed by atoms with E-state index in [0.717, 1.165) is 0 Å². The van der Waals surface area contributed by atoms with Crippen LogP contribution in [0.5, 0.6) is 0 Å². The van der Waals surface area contributed by atoms with E-state index >= 15 is 0 Å². The number of aldehydes is 1. The second-order valence-electron chi connectivity index (χ2n) is 3.01. The van der Waals surface area contributed by atoms with Gasteiger partial charge in [-0.1, -0.05) is 6.92 Å². The van der Waals surface area contributed by atoms with Crippen molar-refractivity contribution in [3.63, 3.8) is 0 Å². The van der Waals surface area contributed by atoms with Gasteiger partial charge in [-0.25, -0.2) is 8.42 Å². The minimum Gasteiger partial charge on any atom is -0.457 e. The maximum atomic E-state index is 11.3. The average Bonchev–Trinajstić information content (AvgIpc) is 2.51. The fraction of sp³-hybridized carbons (Fsp3) is 0.444. The third-order valence-corrected chi connectivity index (χ3v) is 3.43. The first kappa shape index (κ1) is 11.0. The molecule has 0 amide bonds. The van der Waals surface area contributed by atoms with Crippen molar-refractivity contribution in [1.29, 1.82) is 0 Å². The molecule has 0 N–H and O–H groups in total. The van der Waals surface area contributed by atoms with E-state index < -0.39 is 9.84 Å². The van der Waals surface area contributed by atoms with E-state index in [2.05, 4.69) is 0 Å². The maximum absolute atomic E-state index is 11.3. The summed E-state index contributed by atoms with van der Waals surface area (Å²) in [6.45, 7) is 1.80. The molecule has 1 rings (SSSR count). The lowest BCUT2D eigenvalue weighted by atomic mass is 10.4. The lowest BCUT2D eigenvalue weighted by Gasteiger charge is -1.98. The Hall–Kier alpha value is -1.10. The van der Waals surface area contributed by atoms with Crippen LogP contribution in [0.15, 0.2) is 16.5 Å². The molecule has 0 saturated heterocycles. The molecule has 78 valence electrons. The Morgan fingerprint density at radius 3 is 2.64 bits per heavy atom. The van der Waals surface area contributed by atoms with Gasteiger partial charge in [0, 0.05) is 0 Å². The molecule has 1 aromatic heterocycles. The highest BCUT2D eigenvalue weighted by molar-refractivity contribution is 7.90. The van der Waals surface area contributed by atoms with E-state index in [1.54, 1.807) is 6.92 Å². The summed E-state index contributed by atoms with van der Waals surface area (Å²) in [5.74, 6) is 0.492. The minimum absolute atomic E-state index is 0.130. The summed E-state index contributed by atoms with van der Waals surface area (Å²) >= 11 is 0. The van der Waals surface area contributed by atoms with Gasteiger partial charge < -0.3 is 4.42 Å². The number of carbonyl (C=O) groups is 1. The SMILES string of the molecule is CCCS(=O)(=O)Cc1ccc(C=O)o1. The van der Waals surface area contributed by atoms with Crippen molar-refractivity contribution >= 4 is 16.1 Å². The van der Waals surface area contributed by atoms with Crippen molar-refractivity contribution < 1.29 is 17.6 Å². The third kappa shape index (κ3) is 2.99. The van der Waals surface area contributed by atoms with Crippen molar-refractivity contribution in [2.45, 2.75) is 19.1 Å². The van der Waals surface area contributed by atoms with Crippen molar-refractivity contribution in [2.24, 2.45) is 0 Å². The van der Waals surface area contributed by atoms with Crippen LogP contribution in [0.3, 0.4) is 0 Å². The van der Waals surface area contributed by atoms with E-state index in [9.17, 15) is 13.2 Å². The molecule has 0 aromatic carbocycles. The van der Waals surface area contributed by atoms with Crippen LogP contribution >= 0.6 is 0 Å². The monoisotopic (exact) mass is 216 g/mol. The van der Waals surface area contributed by atoms with Crippen LogP contribution in [-0.2, 0) is 15.6 Å². The molecule has 0 unspecified atom stereocenters. The number of hydrogen-bond donors (Lipinski definition) is 0. The molecule has 0 spiro atoms. The highest BCUT2D eigenvalue weighted by atomic mass is 32.2. The van der Waals surface area contributed by atoms with Gasteiger partial charge in [-0.2, -0.15) is 0 Å². The second-order valence-corrected chi connectivity index (χ2v) is 5.20. The van der Waals surface area contributed by atoms with Crippen LogP contribution in [-0.4, -0.2) is 20.5 Å². The molecule has 4 nitrogen and oxygen atoms in total. The Kier molecular flexibility index (Phi) is 3.46. The molecule has 0 aliphatic heterocycles. The molecule has 1 heterocycles. The Morgan fingerprint density at radius 1 is 1.43 bits per heavy atom. The Morgan fingerprint density at radius 2 is 2.14 bits per heavy atom. The number of sulfone groups is 1. The Labute approximate surface area is 82.8 Å². The second kappa shape index (κ2) is 4.41. The first-order chi connectivity index (χ1) is 6.57. The van der Waals surface area contributed by atoms with Crippen LogP contribution in [0.4, 0.5) is 0 Å². The zero-order chi connectivity index (χ0) is 10.6. The highest BCUT2D eigenvalue weighted by Gasteiger charge is 2.13. The van der Waals surface area contributed by atoms with Gasteiger partial charge in [-0.15, -0.1) is 0 Å². The lowest BCUT2D eigenvalue weighted by molar-refractivity contribution is 0.109. The standard InChI is InChI=1S/C9H12O4S/c1-2-5-14(11,12)7-9-4-3-8(6-10)13-9/h3-4,6H,2,5,7H2,1H3. The first-order valence-corrected chi connectivity index (χ1v) is 6.14. The normalized spacial score (nSPS) is 11.5. The van der Waals surface area contributed by atoms with Crippen molar-refractivity contribution in [1.82, 2.24) is 0 Å². The van der Waals surface area contributed by atoms with Crippen LogP contribution in [0.25, 0.3) is 0 Å². The molecule has 0 radical (unpaired) electrons. The molecule has 14 heavy (non-hydrogen) atoms. The number of carbonyl (C=O) groups excluding carboxylic acids is 1. The molecule has 0 fully saturated rings. The Balaban J connectivity index is 2.73. The van der Waals surface area contributed by atoms with Crippen molar-refractivity contribution in [2.75, 3.05) is 5.75 Å². The van der Waals surface area contributed by atoms with Crippen molar-refractivity contribution in [3.8, 4) is 0 Å². The van der Waals surface area contributed by atoms with Gasteiger partial charge in [0.15, 0.2) is 21.9 Å². The topological polar surface area (TPSA) is 64.3 Å². The average molecular weight is 216 g/mol. The van der Waals surface area contributed by atoms with Crippen LogP contribution in [0.1, 0.15) is 29.7 Å². The van der Waals surface area contributed by atoms with Crippen LogP contribution in [0, 0.1) is 0 Å². The summed E-state index contributed by atoms with van der Waals surface area (Å²) in [4.78, 5) is 10.3. The quantitative estimate of drug-likeness (QED) is 0.698. The summed E-state index contributed by atoms with van der Waals surface area (Å²) in [5, 5.41) is 0. The molecule has 0 atom stereocenters. The zero-order valence-electron chi connectivity index (χ0n) is 7.89. The summed E-state index contributed by atoms with van der Waals surface area (Å²) in [6.07, 6.45) is 1.14. The molecule has 0 saturated carbocycles. The molecule has 5 heteroatoms. The zero-order valence-corrected chi connectivity index (χ0v) is 8.71. The number of rotatable bonds is 5. The smallest absolute Gasteiger partial charge is 0.185 e. The largest absolute Gasteiger partial charge is 0.457 e. The number of hydrogen-bond acceptors (Lipinski definition) is 4. The fourth-order valence-electron chi connectivity index (χ4n) is 1.14. The molecule has 0 bridgehead atoms. The van der Waals surface area contributed by atoms with Gasteiger partial charge >= 0.3 is 0 Å². The van der Waals surface area contributed by atoms with E-state index in [-0.39, 0.29) is 17.3 Å². The molecule has 1 aromatic rings. The van der Waals surface area contributed by atoms with Gasteiger partial charge in [0.2, 0.25) is 0 Å². The molecule has 0 aliphatic rings. The summed E-state index contributed by atoms with van der Waals surface area (Å²) < 4.78 is 27.7. The van der Waals surface area contributed by atoms with Crippen LogP contribution < -0.4 is 0 Å². The van der Waals surface area contributed by atoms with E-state index in [1.165, 1.54) is 12.1 Å². The van der Waals surface area contributed by atoms with E-state index in [4.69, 9.17) is 4.42 Å². The maximum Gasteiger partial charge on any atom is 0.185 e. The van der Waals surface area contributed by atoms with Gasteiger partial charge in [-0.05, 0) is 18.6 Å². The summed E-state index contributed by atoms with van der Waals surface area (Å²) in [7, 11) is -3.09. The van der Waals surface area contributed by atoms with Gasteiger partial charge in [0.25, 0.3) is 0 Å². The van der Waals surface area contributed by atoms with Gasteiger partial charge in [-0.3, -0.25) is 4.79 Å². The van der Waals surface area contributed by atoms with Gasteiger partial charge in [0.05, 0.1) is 5.75 Å². The molecular formula is C9H12O4S. The highest BCUT2D eigenvalue weighted by Crippen LogP contribution is 2.10. The Bertz CT molecular complexity index is 402. The summed E-state index contributed by atoms with van der Waals surface area (Å²) in [5.41, 5.74) is 0. The van der Waals surface area contributed by atoms with Crippen molar-refractivity contribution in [3.05, 3.63) is 23.7 Å². The van der Waals surface area contributed by atoms with E-state index in [1.807, 2.05) is 0 Å². The third-order valence-electron chi connectivity index (χ3n) is 1.68. The van der Waals surface area contributed by atoms with Gasteiger partial charge in [0.1, 0.15) is 11.5 Å². The first-order valence-electron chi connectivity index (χ1n) is 4.31. The lowest BCUT2D eigenvalue weighted by Crippen LogP contribution is -2.07. The minimum atomic E-state index is -3.09. The van der Waals surface area contributed by atoms with E-state index in [0.29, 0.717) is 18.5 Å². The predicted molar refractivity (Wildman–Crippen MR) is 51.9 cm³/mol. The fourth-order valence-corrected chi connectivity index (χ4v) is 2.49. The predicted octanol–water partition coefficient (Wildman–Crippen LogP) is 1.42. The van der Waals surface area contributed by atoms with Crippen LogP contribution in [0.2, 0.25) is 0 Å². The summed E-state index contributed by atoms with van der Waals surface area (Å²) in [6, 6.07) is 2.97. The molecule has 0 aliphatic carbocycles.